The lowest BCUT2D eigenvalue weighted by Gasteiger charge is -2.26. The maximum atomic E-state index is 12.7. The van der Waals surface area contributed by atoms with Crippen molar-refractivity contribution >= 4 is 23.5 Å². The van der Waals surface area contributed by atoms with Crippen molar-refractivity contribution < 1.29 is 29.0 Å². The number of rotatable bonds is 6. The summed E-state index contributed by atoms with van der Waals surface area (Å²) in [5.41, 5.74) is 0.588. The van der Waals surface area contributed by atoms with E-state index in [1.165, 1.54) is 25.2 Å². The van der Waals surface area contributed by atoms with Crippen molar-refractivity contribution in [3.05, 3.63) is 17.7 Å². The topological polar surface area (TPSA) is 105 Å². The van der Waals surface area contributed by atoms with E-state index in [0.717, 1.165) is 0 Å². The van der Waals surface area contributed by atoms with Gasteiger partial charge in [0.25, 0.3) is 5.91 Å². The summed E-state index contributed by atoms with van der Waals surface area (Å²) in [7, 11) is 6.16. The molecule has 8 nitrogen and oxygen atoms in total. The Morgan fingerprint density at radius 2 is 1.67 bits per heavy atom. The van der Waals surface area contributed by atoms with Gasteiger partial charge < -0.3 is 24.8 Å². The summed E-state index contributed by atoms with van der Waals surface area (Å²) in [4.78, 5) is 37.9. The summed E-state index contributed by atoms with van der Waals surface area (Å²) in [6.45, 7) is 0. The maximum Gasteiger partial charge on any atom is 0.306 e. The number of carboxylic acid groups (broad SMARTS) is 1. The van der Waals surface area contributed by atoms with Gasteiger partial charge in [-0.2, -0.15) is 0 Å². The zero-order valence-electron chi connectivity index (χ0n) is 16.1. The van der Waals surface area contributed by atoms with Crippen molar-refractivity contribution in [2.45, 2.75) is 25.7 Å². The Morgan fingerprint density at radius 3 is 2.22 bits per heavy atom. The van der Waals surface area contributed by atoms with Gasteiger partial charge in [-0.1, -0.05) is 6.42 Å². The van der Waals surface area contributed by atoms with E-state index in [4.69, 9.17) is 9.47 Å². The van der Waals surface area contributed by atoms with Crippen molar-refractivity contribution in [1.82, 2.24) is 4.90 Å². The number of amides is 2. The second-order valence-corrected chi connectivity index (χ2v) is 6.84. The van der Waals surface area contributed by atoms with Crippen LogP contribution in [-0.4, -0.2) is 56.1 Å². The highest BCUT2D eigenvalue weighted by Crippen LogP contribution is 2.35. The van der Waals surface area contributed by atoms with Crippen LogP contribution in [0.15, 0.2) is 12.1 Å². The number of nitrogens with zero attached hydrogens (tertiary/aromatic N) is 1. The first kappa shape index (κ1) is 20.5. The fraction of sp³-hybridized carbons (Fsp3) is 0.526. The van der Waals surface area contributed by atoms with Crippen LogP contribution in [0.1, 0.15) is 36.0 Å². The van der Waals surface area contributed by atoms with Crippen LogP contribution in [0.4, 0.5) is 5.69 Å². The molecule has 1 fully saturated rings. The first-order valence-corrected chi connectivity index (χ1v) is 8.79. The van der Waals surface area contributed by atoms with Crippen molar-refractivity contribution in [2.24, 2.45) is 11.8 Å². The normalized spacial score (nSPS) is 19.1. The molecule has 0 aliphatic heterocycles. The smallest absolute Gasteiger partial charge is 0.306 e. The zero-order chi connectivity index (χ0) is 20.1. The number of anilines is 1. The zero-order valence-corrected chi connectivity index (χ0v) is 16.1. The predicted octanol–water partition coefficient (Wildman–Crippen LogP) is 2.24. The highest BCUT2D eigenvalue weighted by Gasteiger charge is 2.32. The second-order valence-electron chi connectivity index (χ2n) is 6.84. The molecule has 0 saturated heterocycles. The minimum absolute atomic E-state index is 0.275. The number of hydrogen-bond acceptors (Lipinski definition) is 5. The molecule has 2 N–H and O–H groups in total. The molecule has 0 bridgehead atoms. The lowest BCUT2D eigenvalue weighted by molar-refractivity contribution is -0.143. The minimum Gasteiger partial charge on any atom is -0.493 e. The average molecular weight is 378 g/mol. The van der Waals surface area contributed by atoms with Gasteiger partial charge in [0.15, 0.2) is 11.5 Å². The van der Waals surface area contributed by atoms with Gasteiger partial charge in [0.1, 0.15) is 0 Å². The van der Waals surface area contributed by atoms with Gasteiger partial charge in [-0.25, -0.2) is 0 Å². The Kier molecular flexibility index (Phi) is 6.65. The van der Waals surface area contributed by atoms with Gasteiger partial charge in [-0.05, 0) is 25.3 Å². The lowest BCUT2D eigenvalue weighted by atomic mass is 9.81. The van der Waals surface area contributed by atoms with Gasteiger partial charge in [0, 0.05) is 26.1 Å². The van der Waals surface area contributed by atoms with Crippen LogP contribution in [0.2, 0.25) is 0 Å². The Labute approximate surface area is 158 Å². The summed E-state index contributed by atoms with van der Waals surface area (Å²) < 4.78 is 10.5. The highest BCUT2D eigenvalue weighted by atomic mass is 16.5. The number of methoxy groups -OCH3 is 2. The molecule has 1 saturated carbocycles. The molecule has 2 unspecified atom stereocenters. The van der Waals surface area contributed by atoms with Crippen LogP contribution in [-0.2, 0) is 9.59 Å². The van der Waals surface area contributed by atoms with Crippen molar-refractivity contribution in [2.75, 3.05) is 33.6 Å². The van der Waals surface area contributed by atoms with Crippen LogP contribution in [0.25, 0.3) is 0 Å². The van der Waals surface area contributed by atoms with Crippen LogP contribution in [0.5, 0.6) is 11.5 Å². The van der Waals surface area contributed by atoms with Crippen LogP contribution in [0, 0.1) is 11.8 Å². The molecular formula is C19H26N2O6. The molecule has 2 rings (SSSR count). The fourth-order valence-corrected chi connectivity index (χ4v) is 3.29. The predicted molar refractivity (Wildman–Crippen MR) is 99.3 cm³/mol. The third-order valence-electron chi connectivity index (χ3n) is 4.81. The Hall–Kier alpha value is -2.77. The van der Waals surface area contributed by atoms with Gasteiger partial charge in [-0.3, -0.25) is 14.4 Å². The molecule has 27 heavy (non-hydrogen) atoms. The summed E-state index contributed by atoms with van der Waals surface area (Å²) in [5, 5.41) is 12.0. The molecule has 1 aromatic rings. The SMILES string of the molecule is COc1cc(NC(=O)C2CCCC(C(=O)O)C2)c(C(=O)N(C)C)cc1OC. The summed E-state index contributed by atoms with van der Waals surface area (Å²) in [6, 6.07) is 3.07. The maximum absolute atomic E-state index is 12.7. The number of carboxylic acids is 1. The molecule has 0 radical (unpaired) electrons. The van der Waals surface area contributed by atoms with Gasteiger partial charge in [0.05, 0.1) is 31.4 Å². The molecule has 1 aromatic carbocycles. The molecule has 2 amide bonds. The molecule has 8 heteroatoms. The minimum atomic E-state index is -0.873. The van der Waals surface area contributed by atoms with E-state index < -0.39 is 17.8 Å². The Bertz CT molecular complexity index is 731. The highest BCUT2D eigenvalue weighted by molar-refractivity contribution is 6.05. The number of nitrogens with one attached hydrogen (secondary N) is 1. The fourth-order valence-electron chi connectivity index (χ4n) is 3.29. The lowest BCUT2D eigenvalue weighted by Crippen LogP contribution is -2.32. The summed E-state index contributed by atoms with van der Waals surface area (Å²) in [6.07, 6.45) is 2.19. The Balaban J connectivity index is 2.31. The monoisotopic (exact) mass is 378 g/mol. The molecule has 0 aromatic heterocycles. The molecule has 0 heterocycles. The van der Waals surface area contributed by atoms with E-state index in [-0.39, 0.29) is 17.4 Å². The largest absolute Gasteiger partial charge is 0.493 e. The van der Waals surface area contributed by atoms with E-state index >= 15 is 0 Å². The summed E-state index contributed by atoms with van der Waals surface area (Å²) >= 11 is 0. The molecular weight excluding hydrogens is 352 g/mol. The molecule has 0 spiro atoms. The van der Waals surface area contributed by atoms with Crippen LogP contribution >= 0.6 is 0 Å². The van der Waals surface area contributed by atoms with E-state index in [0.29, 0.717) is 42.9 Å². The second kappa shape index (κ2) is 8.75. The van der Waals surface area contributed by atoms with E-state index in [1.54, 1.807) is 20.2 Å². The molecule has 1 aliphatic carbocycles. The number of benzene rings is 1. The number of aliphatic carboxylic acids is 1. The van der Waals surface area contributed by atoms with Crippen molar-refractivity contribution in [3.8, 4) is 11.5 Å². The quantitative estimate of drug-likeness (QED) is 0.786. The van der Waals surface area contributed by atoms with E-state index in [9.17, 15) is 19.5 Å². The third kappa shape index (κ3) is 4.69. The third-order valence-corrected chi connectivity index (χ3v) is 4.81. The first-order chi connectivity index (χ1) is 12.8. The number of hydrogen-bond donors (Lipinski definition) is 2. The number of carbonyl (C=O) groups excluding carboxylic acids is 2. The van der Waals surface area contributed by atoms with Crippen molar-refractivity contribution in [1.29, 1.82) is 0 Å². The van der Waals surface area contributed by atoms with Crippen LogP contribution in [0.3, 0.4) is 0 Å². The molecule has 148 valence electrons. The standard InChI is InChI=1S/C19H26N2O6/c1-21(2)18(23)13-9-15(26-3)16(27-4)10-14(13)20-17(22)11-6-5-7-12(8-11)19(24)25/h9-12H,5-8H2,1-4H3,(H,20,22)(H,24,25). The van der Waals surface area contributed by atoms with E-state index in [2.05, 4.69) is 5.32 Å². The van der Waals surface area contributed by atoms with Crippen molar-refractivity contribution in [3.63, 3.8) is 0 Å². The van der Waals surface area contributed by atoms with Gasteiger partial charge in [0.2, 0.25) is 5.91 Å². The van der Waals surface area contributed by atoms with Crippen LogP contribution < -0.4 is 14.8 Å². The summed E-state index contributed by atoms with van der Waals surface area (Å²) in [5.74, 6) is -1.61. The van der Waals surface area contributed by atoms with E-state index in [1.807, 2.05) is 0 Å². The Morgan fingerprint density at radius 1 is 1.07 bits per heavy atom. The number of carbonyl (C=O) groups is 3. The molecule has 2 atom stereocenters. The van der Waals surface area contributed by atoms with Gasteiger partial charge >= 0.3 is 5.97 Å². The number of ether oxygens (including phenoxy) is 2. The first-order valence-electron chi connectivity index (χ1n) is 8.79. The average Bonchev–Trinajstić information content (AvgIpc) is 2.66. The molecule has 1 aliphatic rings. The van der Waals surface area contributed by atoms with Gasteiger partial charge in [-0.15, -0.1) is 0 Å².